The van der Waals surface area contributed by atoms with Gasteiger partial charge in [0.15, 0.2) is 6.54 Å². The smallest absolute Gasteiger partial charge is 0.290 e. The number of rotatable bonds is 4. The molecule has 0 spiro atoms. The summed E-state index contributed by atoms with van der Waals surface area (Å²) in [7, 11) is 0. The third-order valence-electron chi connectivity index (χ3n) is 2.59. The van der Waals surface area contributed by atoms with Crippen LogP contribution in [-0.2, 0) is 17.8 Å². The average molecular weight is 236 g/mol. The van der Waals surface area contributed by atoms with Crippen molar-refractivity contribution >= 4 is 12.7 Å². The summed E-state index contributed by atoms with van der Waals surface area (Å²) < 4.78 is 2.31. The van der Waals surface area contributed by atoms with Gasteiger partial charge in [-0.3, -0.25) is 4.79 Å². The van der Waals surface area contributed by atoms with Gasteiger partial charge < -0.3 is 5.11 Å². The summed E-state index contributed by atoms with van der Waals surface area (Å²) in [6.45, 7) is 8.31. The first-order chi connectivity index (χ1) is 8.21. The molecule has 17 heavy (non-hydrogen) atoms. The van der Waals surface area contributed by atoms with E-state index in [4.69, 9.17) is 9.90 Å². The standard InChI is InChI=1S/C13H20N.CH2O2/c1-4-12-7-9-13(10-8-12)11-14(5-2)6-3;2-1-3/h5,7-10H,4,6,11H2,1-3H3;1H,(H,2,3)/q+1;. The molecule has 0 unspecified atom stereocenters. The van der Waals surface area contributed by atoms with Gasteiger partial charge in [-0.15, -0.1) is 0 Å². The van der Waals surface area contributed by atoms with Gasteiger partial charge in [0.25, 0.3) is 6.47 Å². The summed E-state index contributed by atoms with van der Waals surface area (Å²) in [5.74, 6) is 0. The zero-order chi connectivity index (χ0) is 13.1. The number of aryl methyl sites for hydroxylation is 1. The molecule has 3 nitrogen and oxygen atoms in total. The minimum Gasteiger partial charge on any atom is -0.483 e. The second-order valence-corrected chi connectivity index (χ2v) is 3.60. The quantitative estimate of drug-likeness (QED) is 0.496. The number of carbonyl (C=O) groups is 1. The van der Waals surface area contributed by atoms with Crippen molar-refractivity contribution in [2.24, 2.45) is 0 Å². The van der Waals surface area contributed by atoms with Crippen LogP contribution in [-0.4, -0.2) is 28.9 Å². The molecule has 0 aliphatic heterocycles. The van der Waals surface area contributed by atoms with Crippen LogP contribution in [0, 0.1) is 0 Å². The first kappa shape index (κ1) is 15.4. The van der Waals surface area contributed by atoms with Crippen LogP contribution in [0.15, 0.2) is 24.3 Å². The van der Waals surface area contributed by atoms with Crippen LogP contribution in [0.2, 0.25) is 0 Å². The molecule has 0 aliphatic rings. The van der Waals surface area contributed by atoms with E-state index in [9.17, 15) is 0 Å². The summed E-state index contributed by atoms with van der Waals surface area (Å²) in [6.07, 6.45) is 3.27. The highest BCUT2D eigenvalue weighted by Gasteiger charge is 2.01. The Morgan fingerprint density at radius 1 is 1.18 bits per heavy atom. The van der Waals surface area contributed by atoms with Crippen molar-refractivity contribution in [3.8, 4) is 0 Å². The molecule has 0 aliphatic carbocycles. The third-order valence-corrected chi connectivity index (χ3v) is 2.59. The molecule has 0 amide bonds. The highest BCUT2D eigenvalue weighted by Crippen LogP contribution is 2.05. The van der Waals surface area contributed by atoms with Gasteiger partial charge in [0.05, 0.1) is 0 Å². The van der Waals surface area contributed by atoms with E-state index in [-0.39, 0.29) is 6.47 Å². The Bertz CT molecular complexity index is 342. The van der Waals surface area contributed by atoms with Crippen LogP contribution in [0.1, 0.15) is 31.9 Å². The highest BCUT2D eigenvalue weighted by molar-refractivity contribution is 5.46. The van der Waals surface area contributed by atoms with Crippen LogP contribution < -0.4 is 0 Å². The molecule has 0 saturated heterocycles. The average Bonchev–Trinajstić information content (AvgIpc) is 2.37. The van der Waals surface area contributed by atoms with E-state index < -0.39 is 0 Å². The largest absolute Gasteiger partial charge is 0.483 e. The van der Waals surface area contributed by atoms with Crippen molar-refractivity contribution in [2.75, 3.05) is 6.54 Å². The third kappa shape index (κ3) is 6.51. The summed E-state index contributed by atoms with van der Waals surface area (Å²) >= 11 is 0. The van der Waals surface area contributed by atoms with E-state index in [0.29, 0.717) is 0 Å². The molecule has 0 fully saturated rings. The van der Waals surface area contributed by atoms with E-state index in [1.807, 2.05) is 0 Å². The van der Waals surface area contributed by atoms with E-state index in [2.05, 4.69) is 55.8 Å². The van der Waals surface area contributed by atoms with Gasteiger partial charge in [-0.25, -0.2) is 4.58 Å². The second kappa shape index (κ2) is 9.58. The number of nitrogens with zero attached hydrogens (tertiary/aromatic N) is 1. The van der Waals surface area contributed by atoms with Crippen molar-refractivity contribution < 1.29 is 14.5 Å². The topological polar surface area (TPSA) is 40.3 Å². The molecular formula is C14H22NO2+. The van der Waals surface area contributed by atoms with Crippen molar-refractivity contribution in [3.63, 3.8) is 0 Å². The van der Waals surface area contributed by atoms with Crippen LogP contribution in [0.5, 0.6) is 0 Å². The maximum atomic E-state index is 8.36. The van der Waals surface area contributed by atoms with Gasteiger partial charge in [0.2, 0.25) is 0 Å². The van der Waals surface area contributed by atoms with Gasteiger partial charge in [0.1, 0.15) is 12.8 Å². The normalized spacial score (nSPS) is 10.4. The fourth-order valence-corrected chi connectivity index (χ4v) is 1.50. The molecule has 3 heteroatoms. The molecule has 1 rings (SSSR count). The highest BCUT2D eigenvalue weighted by atomic mass is 16.3. The lowest BCUT2D eigenvalue weighted by Crippen LogP contribution is -2.11. The summed E-state index contributed by atoms with van der Waals surface area (Å²) in [5, 5.41) is 6.89. The Morgan fingerprint density at radius 3 is 2.00 bits per heavy atom. The van der Waals surface area contributed by atoms with Crippen LogP contribution in [0.3, 0.4) is 0 Å². The van der Waals surface area contributed by atoms with Crippen LogP contribution in [0.25, 0.3) is 0 Å². The predicted molar refractivity (Wildman–Crippen MR) is 70.8 cm³/mol. The van der Waals surface area contributed by atoms with Gasteiger partial charge in [-0.1, -0.05) is 31.2 Å². The lowest BCUT2D eigenvalue weighted by Gasteiger charge is -2.02. The first-order valence-electron chi connectivity index (χ1n) is 5.90. The Morgan fingerprint density at radius 2 is 1.65 bits per heavy atom. The Balaban J connectivity index is 0.000000770. The molecule has 0 bridgehead atoms. The molecular weight excluding hydrogens is 214 g/mol. The van der Waals surface area contributed by atoms with Gasteiger partial charge >= 0.3 is 0 Å². The Kier molecular flexibility index (Phi) is 8.65. The minimum atomic E-state index is -0.250. The maximum absolute atomic E-state index is 8.36. The Hall–Kier alpha value is -1.64. The molecule has 0 atom stereocenters. The molecule has 0 aromatic heterocycles. The maximum Gasteiger partial charge on any atom is 0.290 e. The van der Waals surface area contributed by atoms with Gasteiger partial charge in [0, 0.05) is 12.5 Å². The molecule has 0 saturated carbocycles. The zero-order valence-electron chi connectivity index (χ0n) is 10.9. The van der Waals surface area contributed by atoms with E-state index in [0.717, 1.165) is 19.5 Å². The minimum absolute atomic E-state index is 0.250. The number of hydrogen-bond donors (Lipinski definition) is 1. The van der Waals surface area contributed by atoms with Crippen molar-refractivity contribution in [3.05, 3.63) is 35.4 Å². The van der Waals surface area contributed by atoms with Crippen molar-refractivity contribution in [1.82, 2.24) is 0 Å². The number of benzene rings is 1. The SMILES string of the molecule is CC=[N+](CC)Cc1ccc(CC)cc1.O=CO. The summed E-state index contributed by atoms with van der Waals surface area (Å²) in [4.78, 5) is 8.36. The predicted octanol–water partition coefficient (Wildman–Crippen LogP) is 2.57. The van der Waals surface area contributed by atoms with Gasteiger partial charge in [-0.05, 0) is 18.9 Å². The van der Waals surface area contributed by atoms with Crippen LogP contribution in [0.4, 0.5) is 0 Å². The van der Waals surface area contributed by atoms with E-state index in [1.54, 1.807) is 0 Å². The fraction of sp³-hybridized carbons (Fsp3) is 0.429. The lowest BCUT2D eigenvalue weighted by atomic mass is 10.1. The molecule has 0 heterocycles. The summed E-state index contributed by atoms with van der Waals surface area (Å²) in [5.41, 5.74) is 2.81. The number of hydrogen-bond acceptors (Lipinski definition) is 1. The first-order valence-corrected chi connectivity index (χ1v) is 5.90. The molecule has 0 radical (unpaired) electrons. The van der Waals surface area contributed by atoms with Crippen molar-refractivity contribution in [1.29, 1.82) is 0 Å². The fourth-order valence-electron chi connectivity index (χ4n) is 1.50. The molecule has 1 N–H and O–H groups in total. The zero-order valence-corrected chi connectivity index (χ0v) is 10.9. The molecule has 94 valence electrons. The van der Waals surface area contributed by atoms with E-state index in [1.165, 1.54) is 11.1 Å². The van der Waals surface area contributed by atoms with Crippen LogP contribution >= 0.6 is 0 Å². The molecule has 1 aromatic rings. The lowest BCUT2D eigenvalue weighted by molar-refractivity contribution is -0.536. The Labute approximate surface area is 103 Å². The number of carboxylic acid groups (broad SMARTS) is 1. The van der Waals surface area contributed by atoms with Crippen molar-refractivity contribution in [2.45, 2.75) is 33.7 Å². The summed E-state index contributed by atoms with van der Waals surface area (Å²) in [6, 6.07) is 8.90. The van der Waals surface area contributed by atoms with Gasteiger partial charge in [-0.2, -0.15) is 0 Å². The molecule has 1 aromatic carbocycles. The second-order valence-electron chi connectivity index (χ2n) is 3.60. The monoisotopic (exact) mass is 236 g/mol. The van der Waals surface area contributed by atoms with E-state index >= 15 is 0 Å².